The van der Waals surface area contributed by atoms with Gasteiger partial charge in [0.1, 0.15) is 11.6 Å². The second-order valence-corrected chi connectivity index (χ2v) is 9.19. The molecule has 0 N–H and O–H groups in total. The average Bonchev–Trinajstić information content (AvgIpc) is 2.89. The topological polar surface area (TPSA) is 42.4 Å². The first-order chi connectivity index (χ1) is 16.6. The Morgan fingerprint density at radius 1 is 0.941 bits per heavy atom. The lowest BCUT2D eigenvalue weighted by molar-refractivity contribution is -0.142. The molecule has 176 valence electrons. The quantitative estimate of drug-likeness (QED) is 0.516. The summed E-state index contributed by atoms with van der Waals surface area (Å²) in [5.41, 5.74) is 1.46. The van der Waals surface area contributed by atoms with E-state index in [4.69, 9.17) is 9.72 Å². The summed E-state index contributed by atoms with van der Waals surface area (Å²) in [6.07, 6.45) is 2.67. The van der Waals surface area contributed by atoms with E-state index < -0.39 is 5.41 Å². The molecule has 0 spiro atoms. The summed E-state index contributed by atoms with van der Waals surface area (Å²) >= 11 is 0. The first-order valence-corrected chi connectivity index (χ1v) is 11.9. The van der Waals surface area contributed by atoms with Crippen LogP contribution in [0.25, 0.3) is 11.3 Å². The molecule has 0 aliphatic carbocycles. The summed E-state index contributed by atoms with van der Waals surface area (Å²) in [7, 11) is 0. The number of carbonyl (C=O) groups is 1. The molecule has 2 saturated heterocycles. The predicted molar refractivity (Wildman–Crippen MR) is 126 cm³/mol. The zero-order valence-electron chi connectivity index (χ0n) is 19.1. The van der Waals surface area contributed by atoms with Crippen molar-refractivity contribution in [2.45, 2.75) is 37.0 Å². The molecule has 2 aliphatic heterocycles. The predicted octanol–water partition coefficient (Wildman–Crippen LogP) is 5.48. The molecule has 1 unspecified atom stereocenters. The lowest BCUT2D eigenvalue weighted by atomic mass is 9.72. The van der Waals surface area contributed by atoms with Crippen molar-refractivity contribution in [3.8, 4) is 11.3 Å². The number of likely N-dealkylation sites (tertiary alicyclic amines) is 1. The number of hydrogen-bond acceptors (Lipinski definition) is 3. The number of aromatic nitrogens is 1. The van der Waals surface area contributed by atoms with Crippen molar-refractivity contribution in [3.63, 3.8) is 0 Å². The van der Waals surface area contributed by atoms with Gasteiger partial charge >= 0.3 is 0 Å². The number of carbonyl (C=O) groups excluding carboxylic acids is 1. The highest BCUT2D eigenvalue weighted by molar-refractivity contribution is 5.88. The van der Waals surface area contributed by atoms with Gasteiger partial charge in [0.25, 0.3) is 0 Å². The number of piperidine rings is 1. The van der Waals surface area contributed by atoms with Crippen LogP contribution >= 0.6 is 0 Å². The zero-order valence-corrected chi connectivity index (χ0v) is 19.1. The van der Waals surface area contributed by atoms with Crippen LogP contribution in [0.2, 0.25) is 0 Å². The second-order valence-electron chi connectivity index (χ2n) is 9.19. The van der Waals surface area contributed by atoms with Crippen LogP contribution in [-0.4, -0.2) is 42.1 Å². The number of hydrogen-bond donors (Lipinski definition) is 0. The number of rotatable bonds is 4. The Labute approximate surface area is 198 Å². The maximum absolute atomic E-state index is 14.9. The summed E-state index contributed by atoms with van der Waals surface area (Å²) in [6, 6.07) is 18.9. The average molecular weight is 463 g/mol. The van der Waals surface area contributed by atoms with Crippen LogP contribution < -0.4 is 0 Å². The van der Waals surface area contributed by atoms with Crippen LogP contribution in [0.5, 0.6) is 0 Å². The van der Waals surface area contributed by atoms with E-state index in [9.17, 15) is 13.6 Å². The molecular formula is C28H28F2N2O2. The highest BCUT2D eigenvalue weighted by Gasteiger charge is 2.46. The second kappa shape index (κ2) is 9.63. The van der Waals surface area contributed by atoms with Crippen LogP contribution in [0.15, 0.2) is 66.7 Å². The van der Waals surface area contributed by atoms with Crippen molar-refractivity contribution in [3.05, 3.63) is 89.6 Å². The molecule has 34 heavy (non-hydrogen) atoms. The van der Waals surface area contributed by atoms with Gasteiger partial charge in [0.15, 0.2) is 0 Å². The third-order valence-corrected chi connectivity index (χ3v) is 7.19. The van der Waals surface area contributed by atoms with Crippen LogP contribution in [0.3, 0.4) is 0 Å². The summed E-state index contributed by atoms with van der Waals surface area (Å²) in [6.45, 7) is 2.02. The van der Waals surface area contributed by atoms with Crippen molar-refractivity contribution < 1.29 is 18.3 Å². The van der Waals surface area contributed by atoms with Crippen molar-refractivity contribution in [1.82, 2.24) is 9.88 Å². The Bertz CT molecular complexity index is 1180. The molecule has 2 aromatic carbocycles. The van der Waals surface area contributed by atoms with E-state index in [1.165, 1.54) is 12.1 Å². The molecule has 5 rings (SSSR count). The summed E-state index contributed by atoms with van der Waals surface area (Å²) in [5.74, 6) is -0.637. The van der Waals surface area contributed by atoms with Gasteiger partial charge in [-0.15, -0.1) is 0 Å². The van der Waals surface area contributed by atoms with Crippen molar-refractivity contribution in [2.24, 2.45) is 0 Å². The third kappa shape index (κ3) is 4.23. The number of benzene rings is 2. The first-order valence-electron chi connectivity index (χ1n) is 11.9. The lowest BCUT2D eigenvalue weighted by Gasteiger charge is -2.42. The van der Waals surface area contributed by atoms with E-state index in [1.807, 2.05) is 23.1 Å². The monoisotopic (exact) mass is 462 g/mol. The maximum atomic E-state index is 14.9. The molecule has 3 heterocycles. The van der Waals surface area contributed by atoms with Gasteiger partial charge in [-0.1, -0.05) is 36.4 Å². The number of amides is 1. The summed E-state index contributed by atoms with van der Waals surface area (Å²) in [4.78, 5) is 20.6. The van der Waals surface area contributed by atoms with Gasteiger partial charge in [-0.25, -0.2) is 8.78 Å². The number of halogens is 2. The fourth-order valence-electron chi connectivity index (χ4n) is 5.37. The van der Waals surface area contributed by atoms with Gasteiger partial charge in [0, 0.05) is 49.0 Å². The molecule has 2 aliphatic rings. The zero-order chi connectivity index (χ0) is 23.5. The smallest absolute Gasteiger partial charge is 0.233 e. The molecule has 0 saturated carbocycles. The molecule has 1 aromatic heterocycles. The highest BCUT2D eigenvalue weighted by atomic mass is 19.1. The fraction of sp³-hybridized carbons (Fsp3) is 0.357. The normalized spacial score (nSPS) is 20.2. The van der Waals surface area contributed by atoms with Gasteiger partial charge in [-0.05, 0) is 56.0 Å². The first kappa shape index (κ1) is 22.7. The minimum Gasteiger partial charge on any atom is -0.381 e. The Morgan fingerprint density at radius 2 is 1.68 bits per heavy atom. The van der Waals surface area contributed by atoms with Crippen molar-refractivity contribution >= 4 is 5.91 Å². The minimum absolute atomic E-state index is 0.0316. The van der Waals surface area contributed by atoms with Crippen LogP contribution in [0.1, 0.15) is 42.9 Å². The molecule has 0 radical (unpaired) electrons. The minimum atomic E-state index is -0.909. The molecule has 3 aromatic rings. The third-order valence-electron chi connectivity index (χ3n) is 7.19. The molecule has 2 fully saturated rings. The Kier molecular flexibility index (Phi) is 6.42. The molecule has 4 nitrogen and oxygen atoms in total. The van der Waals surface area contributed by atoms with E-state index in [1.54, 1.807) is 36.4 Å². The van der Waals surface area contributed by atoms with Gasteiger partial charge in [-0.3, -0.25) is 9.78 Å². The van der Waals surface area contributed by atoms with E-state index >= 15 is 0 Å². The number of nitrogens with zero attached hydrogens (tertiary/aromatic N) is 2. The standard InChI is InChI=1S/C28H28F2N2O2/c29-23-10-3-1-8-21(23)26-13-5-12-25(31-26)20-7-6-16-32(19-20)27(33)28(14-17-34-18-15-28)22-9-2-4-11-24(22)30/h1-5,8-13,20H,6-7,14-19H2. The van der Waals surface area contributed by atoms with Crippen LogP contribution in [0, 0.1) is 11.6 Å². The van der Waals surface area contributed by atoms with E-state index in [-0.39, 0.29) is 23.5 Å². The Hall–Kier alpha value is -3.12. The molecule has 1 amide bonds. The van der Waals surface area contributed by atoms with Crippen molar-refractivity contribution in [2.75, 3.05) is 26.3 Å². The maximum Gasteiger partial charge on any atom is 0.233 e. The van der Waals surface area contributed by atoms with E-state index in [0.717, 1.165) is 18.5 Å². The van der Waals surface area contributed by atoms with E-state index in [2.05, 4.69) is 0 Å². The van der Waals surface area contributed by atoms with Gasteiger partial charge in [-0.2, -0.15) is 0 Å². The fourth-order valence-corrected chi connectivity index (χ4v) is 5.37. The molecule has 1 atom stereocenters. The van der Waals surface area contributed by atoms with E-state index in [0.29, 0.717) is 56.0 Å². The van der Waals surface area contributed by atoms with Crippen LogP contribution in [-0.2, 0) is 14.9 Å². The summed E-state index contributed by atoms with van der Waals surface area (Å²) < 4.78 is 34.7. The van der Waals surface area contributed by atoms with Gasteiger partial charge in [0.05, 0.1) is 11.1 Å². The highest BCUT2D eigenvalue weighted by Crippen LogP contribution is 2.40. The Balaban J connectivity index is 1.42. The number of pyridine rings is 1. The summed E-state index contributed by atoms with van der Waals surface area (Å²) in [5, 5.41) is 0. The lowest BCUT2D eigenvalue weighted by Crippen LogP contribution is -2.52. The SMILES string of the molecule is O=C(N1CCCC(c2cccc(-c3ccccc3F)n2)C1)C1(c2ccccc2F)CCOCC1. The molecule has 6 heteroatoms. The molecule has 0 bridgehead atoms. The van der Waals surface area contributed by atoms with Gasteiger partial charge < -0.3 is 9.64 Å². The van der Waals surface area contributed by atoms with Crippen molar-refractivity contribution in [1.29, 1.82) is 0 Å². The largest absolute Gasteiger partial charge is 0.381 e. The van der Waals surface area contributed by atoms with Crippen LogP contribution in [0.4, 0.5) is 8.78 Å². The Morgan fingerprint density at radius 3 is 2.44 bits per heavy atom. The van der Waals surface area contributed by atoms with Gasteiger partial charge in [0.2, 0.25) is 5.91 Å². The molecular weight excluding hydrogens is 434 g/mol. The number of ether oxygens (including phenoxy) is 1.